The molecule has 184 valence electrons. The van der Waals surface area contributed by atoms with Gasteiger partial charge in [0.15, 0.2) is 0 Å². The molecule has 0 unspecified atom stereocenters. The van der Waals surface area contributed by atoms with Gasteiger partial charge in [0.25, 0.3) is 0 Å². The van der Waals surface area contributed by atoms with Gasteiger partial charge in [0.05, 0.1) is 0 Å². The van der Waals surface area contributed by atoms with Crippen LogP contribution in [0.4, 0.5) is 21.0 Å². The summed E-state index contributed by atoms with van der Waals surface area (Å²) in [5.74, 6) is -0.561. The Kier molecular flexibility index (Phi) is 9.09. The van der Waals surface area contributed by atoms with Gasteiger partial charge in [0.2, 0.25) is 0 Å². The third kappa shape index (κ3) is 10.2. The number of esters is 1. The fourth-order valence-electron chi connectivity index (χ4n) is 2.80. The molecule has 3 amide bonds. The smallest absolute Gasteiger partial charge is 0.408 e. The Morgan fingerprint density at radius 1 is 0.794 bits per heavy atom. The van der Waals surface area contributed by atoms with Crippen LogP contribution in [0.1, 0.15) is 47.1 Å². The minimum atomic E-state index is -0.936. The highest BCUT2D eigenvalue weighted by Gasteiger charge is 2.29. The highest BCUT2D eigenvalue weighted by atomic mass is 79.9. The number of hydrogen-bond donors (Lipinski definition) is 3. The second kappa shape index (κ2) is 11.4. The van der Waals surface area contributed by atoms with Crippen molar-refractivity contribution in [2.24, 2.45) is 0 Å². The average Bonchev–Trinajstić information content (AvgIpc) is 2.68. The summed E-state index contributed by atoms with van der Waals surface area (Å²) in [7, 11) is 0. The quantitative estimate of drug-likeness (QED) is 0.402. The van der Waals surface area contributed by atoms with Crippen molar-refractivity contribution >= 4 is 45.4 Å². The minimum absolute atomic E-state index is 0.194. The maximum Gasteiger partial charge on any atom is 0.408 e. The van der Waals surface area contributed by atoms with Gasteiger partial charge in [-0.15, -0.1) is 0 Å². The van der Waals surface area contributed by atoms with Gasteiger partial charge in [-0.1, -0.05) is 28.1 Å². The monoisotopic (exact) mass is 533 g/mol. The van der Waals surface area contributed by atoms with E-state index in [0.29, 0.717) is 11.4 Å². The first-order valence-electron chi connectivity index (χ1n) is 10.8. The Morgan fingerprint density at radius 3 is 1.74 bits per heavy atom. The first kappa shape index (κ1) is 27.2. The van der Waals surface area contributed by atoms with Gasteiger partial charge in [-0.25, -0.2) is 14.4 Å². The van der Waals surface area contributed by atoms with E-state index < -0.39 is 29.3 Å². The Balaban J connectivity index is 2.04. The average molecular weight is 534 g/mol. The zero-order chi connectivity index (χ0) is 25.5. The van der Waals surface area contributed by atoms with Crippen molar-refractivity contribution in [3.63, 3.8) is 0 Å². The predicted molar refractivity (Wildman–Crippen MR) is 136 cm³/mol. The van der Waals surface area contributed by atoms with Crippen molar-refractivity contribution in [2.75, 3.05) is 10.6 Å². The van der Waals surface area contributed by atoms with Gasteiger partial charge < -0.3 is 25.4 Å². The molecule has 2 aromatic rings. The second-order valence-corrected chi connectivity index (χ2v) is 10.6. The van der Waals surface area contributed by atoms with E-state index in [1.54, 1.807) is 77.9 Å². The van der Waals surface area contributed by atoms with Crippen LogP contribution in [0.5, 0.6) is 0 Å². The van der Waals surface area contributed by atoms with Gasteiger partial charge in [0.1, 0.15) is 17.2 Å². The number of carbonyl (C=O) groups is 3. The molecule has 0 saturated heterocycles. The Morgan fingerprint density at radius 2 is 1.26 bits per heavy atom. The molecule has 2 rings (SSSR count). The third-order valence-electron chi connectivity index (χ3n) is 4.14. The van der Waals surface area contributed by atoms with Crippen LogP contribution in [-0.2, 0) is 20.7 Å². The predicted octanol–water partition coefficient (Wildman–Crippen LogP) is 5.87. The SMILES string of the molecule is CC(C)(C)OC(=O)N[C@@H](Cc1ccc(NC(=O)Nc2ccc(Br)cc2)cc1)C(=O)OC(C)(C)C. The van der Waals surface area contributed by atoms with Crippen LogP contribution in [-0.4, -0.2) is 35.3 Å². The van der Waals surface area contributed by atoms with Crippen LogP contribution >= 0.6 is 15.9 Å². The van der Waals surface area contributed by atoms with E-state index in [2.05, 4.69) is 31.9 Å². The zero-order valence-electron chi connectivity index (χ0n) is 20.3. The molecule has 9 heteroatoms. The normalized spacial score (nSPS) is 12.3. The summed E-state index contributed by atoms with van der Waals surface area (Å²) in [6.07, 6.45) is -0.509. The molecule has 0 heterocycles. The Labute approximate surface area is 208 Å². The molecule has 2 aromatic carbocycles. The van der Waals surface area contributed by atoms with Crippen molar-refractivity contribution in [2.45, 2.75) is 65.2 Å². The summed E-state index contributed by atoms with van der Waals surface area (Å²) in [5, 5.41) is 8.11. The zero-order valence-corrected chi connectivity index (χ0v) is 21.9. The van der Waals surface area contributed by atoms with Gasteiger partial charge in [-0.2, -0.15) is 0 Å². The van der Waals surface area contributed by atoms with E-state index in [0.717, 1.165) is 10.0 Å². The summed E-state index contributed by atoms with van der Waals surface area (Å²) >= 11 is 3.35. The number of alkyl carbamates (subject to hydrolysis) is 1. The molecule has 0 aliphatic heterocycles. The fourth-order valence-corrected chi connectivity index (χ4v) is 3.07. The van der Waals surface area contributed by atoms with Crippen LogP contribution in [0.15, 0.2) is 53.0 Å². The number of amides is 3. The number of halogens is 1. The molecule has 1 atom stereocenters. The van der Waals surface area contributed by atoms with Crippen LogP contribution < -0.4 is 16.0 Å². The molecule has 0 radical (unpaired) electrons. The number of rotatable bonds is 6. The van der Waals surface area contributed by atoms with E-state index in [1.165, 1.54) is 0 Å². The Bertz CT molecular complexity index is 993. The lowest BCUT2D eigenvalue weighted by molar-refractivity contribution is -0.157. The standard InChI is InChI=1S/C25H32BrN3O5/c1-24(2,3)33-21(30)20(29-23(32)34-25(4,5)6)15-16-7-11-18(12-8-16)27-22(31)28-19-13-9-17(26)10-14-19/h7-14,20H,15H2,1-6H3,(H,29,32)(H2,27,28,31)/t20-/m0/s1. The topological polar surface area (TPSA) is 106 Å². The molecule has 34 heavy (non-hydrogen) atoms. The van der Waals surface area contributed by atoms with Gasteiger partial charge in [-0.05, 0) is 83.5 Å². The van der Waals surface area contributed by atoms with Crippen molar-refractivity contribution in [3.8, 4) is 0 Å². The van der Waals surface area contributed by atoms with E-state index in [1.807, 2.05) is 12.1 Å². The number of hydrogen-bond acceptors (Lipinski definition) is 5. The largest absolute Gasteiger partial charge is 0.458 e. The highest BCUT2D eigenvalue weighted by molar-refractivity contribution is 9.10. The third-order valence-corrected chi connectivity index (χ3v) is 4.66. The molecule has 0 aliphatic rings. The summed E-state index contributed by atoms with van der Waals surface area (Å²) in [5.41, 5.74) is 0.594. The number of urea groups is 1. The van der Waals surface area contributed by atoms with Crippen LogP contribution in [0.3, 0.4) is 0 Å². The molecular formula is C25H32BrN3O5. The number of nitrogens with one attached hydrogen (secondary N) is 3. The van der Waals surface area contributed by atoms with Crippen molar-refractivity contribution in [1.29, 1.82) is 0 Å². The molecule has 0 aromatic heterocycles. The molecule has 0 bridgehead atoms. The summed E-state index contributed by atoms with van der Waals surface area (Å²) in [6.45, 7) is 10.5. The molecule has 3 N–H and O–H groups in total. The van der Waals surface area contributed by atoms with Crippen LogP contribution in [0, 0.1) is 0 Å². The van der Waals surface area contributed by atoms with E-state index in [9.17, 15) is 14.4 Å². The van der Waals surface area contributed by atoms with Gasteiger partial charge >= 0.3 is 18.1 Å². The number of carbonyl (C=O) groups excluding carboxylic acids is 3. The number of benzene rings is 2. The lowest BCUT2D eigenvalue weighted by Crippen LogP contribution is -2.47. The first-order chi connectivity index (χ1) is 15.7. The lowest BCUT2D eigenvalue weighted by Gasteiger charge is -2.26. The van der Waals surface area contributed by atoms with E-state index >= 15 is 0 Å². The van der Waals surface area contributed by atoms with Crippen LogP contribution in [0.2, 0.25) is 0 Å². The fraction of sp³-hybridized carbons (Fsp3) is 0.400. The summed E-state index contributed by atoms with van der Waals surface area (Å²) < 4.78 is 11.7. The summed E-state index contributed by atoms with van der Waals surface area (Å²) in [6, 6.07) is 12.9. The van der Waals surface area contributed by atoms with Gasteiger partial charge in [-0.3, -0.25) is 0 Å². The molecule has 0 spiro atoms. The number of ether oxygens (including phenoxy) is 2. The van der Waals surface area contributed by atoms with E-state index in [-0.39, 0.29) is 12.5 Å². The first-order valence-corrected chi connectivity index (χ1v) is 11.6. The Hall–Kier alpha value is -3.07. The van der Waals surface area contributed by atoms with Crippen LogP contribution in [0.25, 0.3) is 0 Å². The van der Waals surface area contributed by atoms with Crippen molar-refractivity contribution < 1.29 is 23.9 Å². The molecule has 0 saturated carbocycles. The maximum absolute atomic E-state index is 12.7. The lowest BCUT2D eigenvalue weighted by atomic mass is 10.1. The minimum Gasteiger partial charge on any atom is -0.458 e. The van der Waals surface area contributed by atoms with Crippen molar-refractivity contribution in [3.05, 3.63) is 58.6 Å². The van der Waals surface area contributed by atoms with Gasteiger partial charge in [0, 0.05) is 22.3 Å². The molecular weight excluding hydrogens is 502 g/mol. The maximum atomic E-state index is 12.7. The molecule has 0 aliphatic carbocycles. The highest BCUT2D eigenvalue weighted by Crippen LogP contribution is 2.17. The number of anilines is 2. The molecule has 8 nitrogen and oxygen atoms in total. The second-order valence-electron chi connectivity index (χ2n) is 9.72. The summed E-state index contributed by atoms with van der Waals surface area (Å²) in [4.78, 5) is 37.2. The molecule has 0 fully saturated rings. The van der Waals surface area contributed by atoms with Crippen molar-refractivity contribution in [1.82, 2.24) is 5.32 Å². The van der Waals surface area contributed by atoms with E-state index in [4.69, 9.17) is 9.47 Å².